The SMILES string of the molecule is C[C@H]1Oc2ccccc2N(CC(=O)NCCCN2CCOCC2)C1=O. The summed E-state index contributed by atoms with van der Waals surface area (Å²) in [6, 6.07) is 7.29. The average molecular weight is 347 g/mol. The highest BCUT2D eigenvalue weighted by molar-refractivity contribution is 6.03. The molecule has 7 heteroatoms. The van der Waals surface area contributed by atoms with Gasteiger partial charge in [-0.2, -0.15) is 0 Å². The number of fused-ring (bicyclic) bond motifs is 1. The molecular formula is C18H25N3O4. The number of hydrogen-bond acceptors (Lipinski definition) is 5. The molecule has 1 atom stereocenters. The van der Waals surface area contributed by atoms with Crippen LogP contribution in [0.2, 0.25) is 0 Å². The van der Waals surface area contributed by atoms with Gasteiger partial charge in [0.2, 0.25) is 5.91 Å². The summed E-state index contributed by atoms with van der Waals surface area (Å²) in [7, 11) is 0. The number of carbonyl (C=O) groups is 2. The van der Waals surface area contributed by atoms with E-state index in [1.165, 1.54) is 4.90 Å². The number of amides is 2. The van der Waals surface area contributed by atoms with Crippen molar-refractivity contribution >= 4 is 17.5 Å². The van der Waals surface area contributed by atoms with Crippen LogP contribution in [0.1, 0.15) is 13.3 Å². The van der Waals surface area contributed by atoms with E-state index in [0.29, 0.717) is 18.0 Å². The number of nitrogens with zero attached hydrogens (tertiary/aromatic N) is 2. The van der Waals surface area contributed by atoms with Crippen molar-refractivity contribution < 1.29 is 19.1 Å². The number of morpholine rings is 1. The van der Waals surface area contributed by atoms with Crippen molar-refractivity contribution in [2.24, 2.45) is 0 Å². The lowest BCUT2D eigenvalue weighted by atomic mass is 10.2. The molecule has 1 saturated heterocycles. The van der Waals surface area contributed by atoms with Crippen LogP contribution in [0.5, 0.6) is 5.75 Å². The van der Waals surface area contributed by atoms with Crippen molar-refractivity contribution in [1.82, 2.24) is 10.2 Å². The molecule has 0 spiro atoms. The van der Waals surface area contributed by atoms with Crippen molar-refractivity contribution in [3.8, 4) is 5.75 Å². The number of benzene rings is 1. The fraction of sp³-hybridized carbons (Fsp3) is 0.556. The topological polar surface area (TPSA) is 71.1 Å². The monoisotopic (exact) mass is 347 g/mol. The van der Waals surface area contributed by atoms with E-state index in [4.69, 9.17) is 9.47 Å². The zero-order chi connectivity index (χ0) is 17.6. The van der Waals surface area contributed by atoms with Gasteiger partial charge in [0.25, 0.3) is 5.91 Å². The number of nitrogens with one attached hydrogen (secondary N) is 1. The fourth-order valence-electron chi connectivity index (χ4n) is 3.08. The Kier molecular flexibility index (Phi) is 5.88. The average Bonchev–Trinajstić information content (AvgIpc) is 2.63. The van der Waals surface area contributed by atoms with Gasteiger partial charge in [-0.25, -0.2) is 0 Å². The number of ether oxygens (including phenoxy) is 2. The number of carbonyl (C=O) groups excluding carboxylic acids is 2. The second-order valence-electron chi connectivity index (χ2n) is 6.31. The van der Waals surface area contributed by atoms with E-state index in [2.05, 4.69) is 10.2 Å². The van der Waals surface area contributed by atoms with E-state index >= 15 is 0 Å². The predicted octanol–water partition coefficient (Wildman–Crippen LogP) is 0.639. The van der Waals surface area contributed by atoms with Crippen molar-refractivity contribution in [3.05, 3.63) is 24.3 Å². The summed E-state index contributed by atoms with van der Waals surface area (Å²) >= 11 is 0. The van der Waals surface area contributed by atoms with Crippen molar-refractivity contribution in [3.63, 3.8) is 0 Å². The summed E-state index contributed by atoms with van der Waals surface area (Å²) in [5.41, 5.74) is 0.647. The minimum absolute atomic E-state index is 0.0150. The summed E-state index contributed by atoms with van der Waals surface area (Å²) < 4.78 is 10.9. The van der Waals surface area contributed by atoms with Crippen LogP contribution >= 0.6 is 0 Å². The third kappa shape index (κ3) is 4.49. The summed E-state index contributed by atoms with van der Waals surface area (Å²) in [6.07, 6.45) is 0.305. The Morgan fingerprint density at radius 1 is 1.28 bits per heavy atom. The highest BCUT2D eigenvalue weighted by Crippen LogP contribution is 2.33. The largest absolute Gasteiger partial charge is 0.479 e. The molecule has 1 N–H and O–H groups in total. The van der Waals surface area contributed by atoms with Crippen LogP contribution in [0.3, 0.4) is 0 Å². The number of anilines is 1. The Labute approximate surface area is 147 Å². The van der Waals surface area contributed by atoms with Crippen molar-refractivity contribution in [1.29, 1.82) is 0 Å². The second-order valence-corrected chi connectivity index (χ2v) is 6.31. The lowest BCUT2D eigenvalue weighted by Crippen LogP contribution is -2.49. The maximum Gasteiger partial charge on any atom is 0.268 e. The van der Waals surface area contributed by atoms with E-state index in [1.54, 1.807) is 13.0 Å². The van der Waals surface area contributed by atoms with E-state index < -0.39 is 6.10 Å². The molecule has 1 fully saturated rings. The predicted molar refractivity (Wildman–Crippen MR) is 93.8 cm³/mol. The number of para-hydroxylation sites is 2. The first-order valence-electron chi connectivity index (χ1n) is 8.79. The van der Waals surface area contributed by atoms with E-state index in [1.807, 2.05) is 18.2 Å². The lowest BCUT2D eigenvalue weighted by molar-refractivity contribution is -0.128. The quantitative estimate of drug-likeness (QED) is 0.765. The lowest BCUT2D eigenvalue weighted by Gasteiger charge is -2.32. The Morgan fingerprint density at radius 2 is 2.04 bits per heavy atom. The van der Waals surface area contributed by atoms with Crippen LogP contribution in [-0.4, -0.2) is 68.8 Å². The molecule has 0 radical (unpaired) electrons. The molecule has 7 nitrogen and oxygen atoms in total. The Balaban J connectivity index is 1.48. The van der Waals surface area contributed by atoms with Crippen molar-refractivity contribution in [2.45, 2.75) is 19.4 Å². The van der Waals surface area contributed by atoms with Gasteiger partial charge in [0.15, 0.2) is 6.10 Å². The molecule has 3 rings (SSSR count). The maximum absolute atomic E-state index is 12.4. The van der Waals surface area contributed by atoms with Crippen LogP contribution in [0.15, 0.2) is 24.3 Å². The molecule has 2 heterocycles. The van der Waals surface area contributed by atoms with Gasteiger partial charge in [0, 0.05) is 19.6 Å². The molecule has 25 heavy (non-hydrogen) atoms. The van der Waals surface area contributed by atoms with Gasteiger partial charge in [-0.15, -0.1) is 0 Å². The Bertz CT molecular complexity index is 616. The van der Waals surface area contributed by atoms with Crippen LogP contribution in [-0.2, 0) is 14.3 Å². The Hall–Kier alpha value is -2.12. The van der Waals surface area contributed by atoms with Crippen molar-refractivity contribution in [2.75, 3.05) is 50.8 Å². The fourth-order valence-corrected chi connectivity index (χ4v) is 3.08. The van der Waals surface area contributed by atoms with Gasteiger partial charge in [-0.1, -0.05) is 12.1 Å². The third-order valence-electron chi connectivity index (χ3n) is 4.45. The first kappa shape index (κ1) is 17.7. The van der Waals surface area contributed by atoms with Gasteiger partial charge in [0.05, 0.1) is 18.9 Å². The normalized spacial score (nSPS) is 20.8. The zero-order valence-electron chi connectivity index (χ0n) is 14.6. The number of hydrogen-bond donors (Lipinski definition) is 1. The summed E-state index contributed by atoms with van der Waals surface area (Å²) in [4.78, 5) is 28.4. The molecular weight excluding hydrogens is 322 g/mol. The molecule has 0 unspecified atom stereocenters. The van der Waals surface area contributed by atoms with Crippen LogP contribution in [0, 0.1) is 0 Å². The van der Waals surface area contributed by atoms with Crippen LogP contribution < -0.4 is 15.0 Å². The van der Waals surface area contributed by atoms with Gasteiger partial charge in [0.1, 0.15) is 12.3 Å². The molecule has 1 aromatic carbocycles. The summed E-state index contributed by atoms with van der Waals surface area (Å²) in [5.74, 6) is 0.288. The minimum Gasteiger partial charge on any atom is -0.479 e. The number of rotatable bonds is 6. The first-order chi connectivity index (χ1) is 12.1. The van der Waals surface area contributed by atoms with Crippen LogP contribution in [0.4, 0.5) is 5.69 Å². The summed E-state index contributed by atoms with van der Waals surface area (Å²) in [5, 5.41) is 2.90. The van der Waals surface area contributed by atoms with E-state index in [0.717, 1.165) is 39.3 Å². The maximum atomic E-state index is 12.4. The highest BCUT2D eigenvalue weighted by Gasteiger charge is 2.32. The molecule has 2 amide bonds. The van der Waals surface area contributed by atoms with Gasteiger partial charge in [-0.3, -0.25) is 19.4 Å². The van der Waals surface area contributed by atoms with Gasteiger partial charge in [-0.05, 0) is 32.0 Å². The second kappa shape index (κ2) is 8.31. The van der Waals surface area contributed by atoms with Crippen LogP contribution in [0.25, 0.3) is 0 Å². The molecule has 0 saturated carbocycles. The highest BCUT2D eigenvalue weighted by atomic mass is 16.5. The molecule has 1 aromatic rings. The van der Waals surface area contributed by atoms with Gasteiger partial charge < -0.3 is 14.8 Å². The zero-order valence-corrected chi connectivity index (χ0v) is 14.6. The smallest absolute Gasteiger partial charge is 0.268 e. The third-order valence-corrected chi connectivity index (χ3v) is 4.45. The minimum atomic E-state index is -0.580. The molecule has 0 bridgehead atoms. The molecule has 136 valence electrons. The molecule has 0 aromatic heterocycles. The van der Waals surface area contributed by atoms with Gasteiger partial charge >= 0.3 is 0 Å². The van der Waals surface area contributed by atoms with E-state index in [-0.39, 0.29) is 18.4 Å². The first-order valence-corrected chi connectivity index (χ1v) is 8.79. The molecule has 2 aliphatic heterocycles. The van der Waals surface area contributed by atoms with E-state index in [9.17, 15) is 9.59 Å². The molecule has 0 aliphatic carbocycles. The Morgan fingerprint density at radius 3 is 2.84 bits per heavy atom. The molecule has 2 aliphatic rings. The standard InChI is InChI=1S/C18H25N3O4/c1-14-18(23)21(15-5-2-3-6-16(15)25-14)13-17(22)19-7-4-8-20-9-11-24-12-10-20/h2-3,5-6,14H,4,7-13H2,1H3,(H,19,22)/t14-/m1/s1. The summed E-state index contributed by atoms with van der Waals surface area (Å²) in [6.45, 7) is 6.72.